The van der Waals surface area contributed by atoms with Crippen molar-refractivity contribution >= 4 is 17.8 Å². The second-order valence-corrected chi connectivity index (χ2v) is 5.08. The van der Waals surface area contributed by atoms with Crippen LogP contribution in [0.25, 0.3) is 0 Å². The smallest absolute Gasteiger partial charge is 0.416 e. The van der Waals surface area contributed by atoms with Gasteiger partial charge >= 0.3 is 6.09 Å². The Balaban J connectivity index is 1.99. The van der Waals surface area contributed by atoms with Gasteiger partial charge in [-0.15, -0.1) is 0 Å². The highest BCUT2D eigenvalue weighted by atomic mass is 16.6. The summed E-state index contributed by atoms with van der Waals surface area (Å²) in [6.45, 7) is 1.97. The number of ketones is 1. The highest BCUT2D eigenvalue weighted by Gasteiger charge is 2.37. The molecule has 1 fully saturated rings. The van der Waals surface area contributed by atoms with Gasteiger partial charge in [-0.2, -0.15) is 0 Å². The van der Waals surface area contributed by atoms with Crippen LogP contribution in [-0.4, -0.2) is 35.3 Å². The van der Waals surface area contributed by atoms with E-state index >= 15 is 0 Å². The zero-order chi connectivity index (χ0) is 15.2. The fourth-order valence-corrected chi connectivity index (χ4v) is 2.35. The van der Waals surface area contributed by atoms with Crippen LogP contribution in [0.15, 0.2) is 30.3 Å². The monoisotopic (exact) mass is 289 g/mol. The lowest BCUT2D eigenvalue weighted by Gasteiger charge is -2.19. The summed E-state index contributed by atoms with van der Waals surface area (Å²) in [5, 5.41) is 0. The fourth-order valence-electron chi connectivity index (χ4n) is 2.35. The second kappa shape index (κ2) is 7.02. The average Bonchev–Trinajstić information content (AvgIpc) is 2.86. The van der Waals surface area contributed by atoms with Crippen molar-refractivity contribution in [3.05, 3.63) is 35.9 Å². The van der Waals surface area contributed by atoms with Crippen LogP contribution in [0.4, 0.5) is 4.79 Å². The van der Waals surface area contributed by atoms with Crippen molar-refractivity contribution in [3.63, 3.8) is 0 Å². The van der Waals surface area contributed by atoms with Crippen LogP contribution in [0.5, 0.6) is 0 Å². The molecular weight excluding hydrogens is 270 g/mol. The average molecular weight is 289 g/mol. The zero-order valence-electron chi connectivity index (χ0n) is 12.1. The first-order valence-electron chi connectivity index (χ1n) is 7.16. The molecule has 1 saturated heterocycles. The Labute approximate surface area is 123 Å². The number of rotatable bonds is 6. The number of amides is 2. The summed E-state index contributed by atoms with van der Waals surface area (Å²) in [7, 11) is 0. The maximum atomic E-state index is 12.1. The number of cyclic esters (lactones) is 1. The Morgan fingerprint density at radius 1 is 1.24 bits per heavy atom. The van der Waals surface area contributed by atoms with Gasteiger partial charge in [0.1, 0.15) is 12.4 Å². The summed E-state index contributed by atoms with van der Waals surface area (Å²) in [6, 6.07) is 9.36. The Hall–Kier alpha value is -2.17. The maximum absolute atomic E-state index is 12.1. The molecule has 0 radical (unpaired) electrons. The lowest BCUT2D eigenvalue weighted by Crippen LogP contribution is -2.40. The largest absolute Gasteiger partial charge is 0.447 e. The van der Waals surface area contributed by atoms with E-state index in [1.54, 1.807) is 6.92 Å². The quantitative estimate of drug-likeness (QED) is 0.806. The number of nitrogens with zero attached hydrogens (tertiary/aromatic N) is 1. The predicted octanol–water partition coefficient (Wildman–Crippen LogP) is 2.34. The molecule has 1 aromatic carbocycles. The number of hydrogen-bond acceptors (Lipinski definition) is 4. The number of carbonyl (C=O) groups is 3. The van der Waals surface area contributed by atoms with Gasteiger partial charge in [-0.25, -0.2) is 9.69 Å². The minimum absolute atomic E-state index is 0.0236. The summed E-state index contributed by atoms with van der Waals surface area (Å²) in [5.41, 5.74) is 1.04. The number of Topliss-reactive ketones (excluding diaryl/α,β-unsaturated/α-hetero) is 1. The van der Waals surface area contributed by atoms with Crippen molar-refractivity contribution in [2.45, 2.75) is 38.6 Å². The molecule has 0 unspecified atom stereocenters. The Morgan fingerprint density at radius 2 is 1.95 bits per heavy atom. The molecule has 2 rings (SSSR count). The molecule has 21 heavy (non-hydrogen) atoms. The third kappa shape index (κ3) is 3.90. The minimum Gasteiger partial charge on any atom is -0.447 e. The molecule has 0 aromatic heterocycles. The van der Waals surface area contributed by atoms with E-state index in [-0.39, 0.29) is 37.2 Å². The van der Waals surface area contributed by atoms with Gasteiger partial charge in [-0.3, -0.25) is 9.59 Å². The first-order chi connectivity index (χ1) is 10.1. The first kappa shape index (κ1) is 15.2. The summed E-state index contributed by atoms with van der Waals surface area (Å²) < 4.78 is 4.99. The van der Waals surface area contributed by atoms with E-state index in [0.29, 0.717) is 12.8 Å². The molecule has 0 bridgehead atoms. The molecular formula is C16H19NO4. The number of benzene rings is 1. The van der Waals surface area contributed by atoms with Crippen molar-refractivity contribution in [3.8, 4) is 0 Å². The third-order valence-electron chi connectivity index (χ3n) is 3.56. The van der Waals surface area contributed by atoms with Crippen LogP contribution in [0.3, 0.4) is 0 Å². The molecule has 0 saturated carbocycles. The molecule has 0 aliphatic carbocycles. The van der Waals surface area contributed by atoms with Gasteiger partial charge in [-0.05, 0) is 12.0 Å². The Bertz CT molecular complexity index is 526. The molecule has 112 valence electrons. The van der Waals surface area contributed by atoms with Gasteiger partial charge in [0.15, 0.2) is 0 Å². The molecule has 0 spiro atoms. The van der Waals surface area contributed by atoms with E-state index in [2.05, 4.69) is 0 Å². The number of imide groups is 1. The Morgan fingerprint density at radius 3 is 2.62 bits per heavy atom. The third-order valence-corrected chi connectivity index (χ3v) is 3.56. The lowest BCUT2D eigenvalue weighted by molar-refractivity contribution is -0.131. The maximum Gasteiger partial charge on any atom is 0.416 e. The van der Waals surface area contributed by atoms with Crippen LogP contribution in [0.2, 0.25) is 0 Å². The van der Waals surface area contributed by atoms with Gasteiger partial charge in [0, 0.05) is 19.3 Å². The van der Waals surface area contributed by atoms with Crippen molar-refractivity contribution in [2.24, 2.45) is 0 Å². The molecule has 1 aromatic rings. The van der Waals surface area contributed by atoms with Gasteiger partial charge in [0.2, 0.25) is 5.91 Å². The van der Waals surface area contributed by atoms with Gasteiger partial charge < -0.3 is 4.74 Å². The summed E-state index contributed by atoms with van der Waals surface area (Å²) >= 11 is 0. The molecule has 5 nitrogen and oxygen atoms in total. The molecule has 1 aliphatic heterocycles. The van der Waals surface area contributed by atoms with E-state index in [0.717, 1.165) is 10.5 Å². The molecule has 1 atom stereocenters. The van der Waals surface area contributed by atoms with Crippen molar-refractivity contribution in [1.29, 1.82) is 0 Å². The SMILES string of the molecule is CCC(=O)CCC(=O)N1C(=O)OC[C@@H]1Cc1ccccc1. The van der Waals surface area contributed by atoms with Crippen LogP contribution in [-0.2, 0) is 20.7 Å². The predicted molar refractivity (Wildman–Crippen MR) is 76.7 cm³/mol. The van der Waals surface area contributed by atoms with Crippen LogP contribution < -0.4 is 0 Å². The molecule has 5 heteroatoms. The lowest BCUT2D eigenvalue weighted by atomic mass is 10.1. The number of carbonyl (C=O) groups excluding carboxylic acids is 3. The summed E-state index contributed by atoms with van der Waals surface area (Å²) in [6.07, 6.45) is 0.611. The zero-order valence-corrected chi connectivity index (χ0v) is 12.1. The van der Waals surface area contributed by atoms with Gasteiger partial charge in [0.05, 0.1) is 6.04 Å². The van der Waals surface area contributed by atoms with Crippen molar-refractivity contribution in [1.82, 2.24) is 4.90 Å². The van der Waals surface area contributed by atoms with E-state index in [1.165, 1.54) is 0 Å². The second-order valence-electron chi connectivity index (χ2n) is 5.08. The van der Waals surface area contributed by atoms with Crippen LogP contribution in [0, 0.1) is 0 Å². The minimum atomic E-state index is -0.607. The van der Waals surface area contributed by atoms with Crippen LogP contribution >= 0.6 is 0 Å². The summed E-state index contributed by atoms with van der Waals surface area (Å²) in [4.78, 5) is 36.3. The van der Waals surface area contributed by atoms with E-state index < -0.39 is 6.09 Å². The van der Waals surface area contributed by atoms with E-state index in [1.807, 2.05) is 30.3 Å². The van der Waals surface area contributed by atoms with E-state index in [4.69, 9.17) is 4.74 Å². The van der Waals surface area contributed by atoms with Gasteiger partial charge in [-0.1, -0.05) is 37.3 Å². The molecule has 2 amide bonds. The van der Waals surface area contributed by atoms with Crippen molar-refractivity contribution < 1.29 is 19.1 Å². The molecule has 0 N–H and O–H groups in total. The van der Waals surface area contributed by atoms with Crippen LogP contribution in [0.1, 0.15) is 31.7 Å². The summed E-state index contributed by atoms with van der Waals surface area (Å²) in [5.74, 6) is -0.309. The van der Waals surface area contributed by atoms with E-state index in [9.17, 15) is 14.4 Å². The standard InChI is InChI=1S/C16H19NO4/c1-2-14(18)8-9-15(19)17-13(11-21-16(17)20)10-12-6-4-3-5-7-12/h3-7,13H,2,8-11H2,1H3/t13-/m0/s1. The fraction of sp³-hybridized carbons (Fsp3) is 0.438. The normalized spacial score (nSPS) is 17.7. The number of hydrogen-bond donors (Lipinski definition) is 0. The Kier molecular flexibility index (Phi) is 5.09. The molecule has 1 aliphatic rings. The van der Waals surface area contributed by atoms with Crippen molar-refractivity contribution in [2.75, 3.05) is 6.61 Å². The topological polar surface area (TPSA) is 63.7 Å². The number of ether oxygens (including phenoxy) is 1. The van der Waals surface area contributed by atoms with Gasteiger partial charge in [0.25, 0.3) is 0 Å². The molecule has 1 heterocycles. The first-order valence-corrected chi connectivity index (χ1v) is 7.16. The highest BCUT2D eigenvalue weighted by Crippen LogP contribution is 2.19. The highest BCUT2D eigenvalue weighted by molar-refractivity contribution is 5.95.